The van der Waals surface area contributed by atoms with Crippen LogP contribution < -0.4 is 9.79 Å². The smallest absolute Gasteiger partial charge is 0.320 e. The summed E-state index contributed by atoms with van der Waals surface area (Å²) >= 11 is 1.21. The Morgan fingerprint density at radius 2 is 2.16 bits per heavy atom. The summed E-state index contributed by atoms with van der Waals surface area (Å²) in [6.45, 7) is 8.11. The van der Waals surface area contributed by atoms with Crippen molar-refractivity contribution in [1.82, 2.24) is 10.3 Å². The second-order valence-corrected chi connectivity index (χ2v) is 7.24. The van der Waals surface area contributed by atoms with Crippen LogP contribution in [0.1, 0.15) is 45.0 Å². The van der Waals surface area contributed by atoms with E-state index in [1.54, 1.807) is 16.9 Å². The summed E-state index contributed by atoms with van der Waals surface area (Å²) in [5, 5.41) is 25.6. The van der Waals surface area contributed by atoms with E-state index < -0.39 is 0 Å². The maximum atomic E-state index is 12.0. The average molecular weight is 359 g/mol. The lowest BCUT2D eigenvalue weighted by Crippen LogP contribution is -2.36. The fourth-order valence-electron chi connectivity index (χ4n) is 2.03. The summed E-state index contributed by atoms with van der Waals surface area (Å²) in [6, 6.07) is 5.84. The monoisotopic (exact) mass is 359 g/mol. The van der Waals surface area contributed by atoms with Gasteiger partial charge in [-0.15, -0.1) is 0 Å². The average Bonchev–Trinajstić information content (AvgIpc) is 3.01. The van der Waals surface area contributed by atoms with Gasteiger partial charge >= 0.3 is 5.88 Å². The molecule has 0 bridgehead atoms. The van der Waals surface area contributed by atoms with E-state index in [-0.39, 0.29) is 23.6 Å². The van der Waals surface area contributed by atoms with Crippen LogP contribution in [0.2, 0.25) is 0 Å². The molecule has 0 spiro atoms. The van der Waals surface area contributed by atoms with E-state index in [0.29, 0.717) is 16.5 Å². The molecule has 0 unspecified atom stereocenters. The van der Waals surface area contributed by atoms with E-state index in [0.717, 1.165) is 12.1 Å². The molecule has 0 amide bonds. The van der Waals surface area contributed by atoms with Crippen molar-refractivity contribution in [2.75, 3.05) is 5.75 Å². The van der Waals surface area contributed by atoms with Gasteiger partial charge in [0.2, 0.25) is 5.27 Å². The molecule has 0 atom stereocenters. The highest BCUT2D eigenvalue weighted by Crippen LogP contribution is 2.22. The zero-order valence-electron chi connectivity index (χ0n) is 14.8. The molecule has 2 aromatic rings. The van der Waals surface area contributed by atoms with Crippen molar-refractivity contribution in [3.8, 4) is 6.07 Å². The summed E-state index contributed by atoms with van der Waals surface area (Å²) in [4.78, 5) is 8.38. The summed E-state index contributed by atoms with van der Waals surface area (Å²) in [7, 11) is 0. The molecule has 132 valence electrons. The predicted molar refractivity (Wildman–Crippen MR) is 92.4 cm³/mol. The second-order valence-electron chi connectivity index (χ2n) is 6.27. The number of nitrogens with zero attached hydrogens (tertiary/aromatic N) is 5. The van der Waals surface area contributed by atoms with Gasteiger partial charge in [0.05, 0.1) is 5.56 Å². The second kappa shape index (κ2) is 8.62. The SMILES string of the molecule is CC(C)Cc1ccc(C#N)c(SC/C([O-])=N/c2c[n+](C(C)C)no2)n1. The Morgan fingerprint density at radius 3 is 2.76 bits per heavy atom. The van der Waals surface area contributed by atoms with Crippen LogP contribution in [0.4, 0.5) is 5.88 Å². The summed E-state index contributed by atoms with van der Waals surface area (Å²) < 4.78 is 6.59. The quantitative estimate of drug-likeness (QED) is 0.325. The van der Waals surface area contributed by atoms with E-state index in [1.807, 2.05) is 19.9 Å². The highest BCUT2D eigenvalue weighted by molar-refractivity contribution is 7.99. The van der Waals surface area contributed by atoms with Gasteiger partial charge in [-0.1, -0.05) is 25.6 Å². The first-order valence-electron chi connectivity index (χ1n) is 8.04. The number of hydrogen-bond acceptors (Lipinski definition) is 7. The van der Waals surface area contributed by atoms with Crippen LogP contribution in [0.5, 0.6) is 0 Å². The Balaban J connectivity index is 2.08. The van der Waals surface area contributed by atoms with E-state index >= 15 is 0 Å². The molecule has 2 rings (SSSR count). The fraction of sp³-hybridized carbons (Fsp3) is 0.471. The molecular weight excluding hydrogens is 338 g/mol. The van der Waals surface area contributed by atoms with Crippen molar-refractivity contribution in [3.63, 3.8) is 0 Å². The van der Waals surface area contributed by atoms with Crippen molar-refractivity contribution < 1.29 is 14.3 Å². The fourth-order valence-corrected chi connectivity index (χ4v) is 2.81. The highest BCUT2D eigenvalue weighted by Gasteiger charge is 2.14. The van der Waals surface area contributed by atoms with Crippen molar-refractivity contribution >= 4 is 23.5 Å². The molecule has 8 heteroatoms. The van der Waals surface area contributed by atoms with Crippen LogP contribution in [-0.4, -0.2) is 21.9 Å². The van der Waals surface area contributed by atoms with Gasteiger partial charge in [-0.3, -0.25) is 4.52 Å². The van der Waals surface area contributed by atoms with Crippen LogP contribution in [-0.2, 0) is 6.42 Å². The molecule has 0 saturated heterocycles. The predicted octanol–water partition coefficient (Wildman–Crippen LogP) is 2.19. The Kier molecular flexibility index (Phi) is 6.53. The first kappa shape index (κ1) is 18.9. The summed E-state index contributed by atoms with van der Waals surface area (Å²) in [5.41, 5.74) is 1.37. The van der Waals surface area contributed by atoms with Gasteiger partial charge in [0.15, 0.2) is 6.04 Å². The molecule has 25 heavy (non-hydrogen) atoms. The minimum atomic E-state index is -0.364. The number of rotatable bonds is 7. The minimum absolute atomic E-state index is 0.0786. The van der Waals surface area contributed by atoms with Crippen molar-refractivity contribution in [2.24, 2.45) is 10.9 Å². The molecule has 0 aliphatic heterocycles. The molecule has 7 nitrogen and oxygen atoms in total. The van der Waals surface area contributed by atoms with Gasteiger partial charge in [-0.25, -0.2) is 9.98 Å². The maximum Gasteiger partial charge on any atom is 0.320 e. The molecule has 0 fully saturated rings. The topological polar surface area (TPSA) is 102 Å². The molecule has 2 heterocycles. The van der Waals surface area contributed by atoms with Crippen LogP contribution in [0, 0.1) is 17.2 Å². The number of thioether (sulfide) groups is 1. The molecule has 0 aromatic carbocycles. The lowest BCUT2D eigenvalue weighted by molar-refractivity contribution is -0.779. The van der Waals surface area contributed by atoms with Gasteiger partial charge < -0.3 is 5.11 Å². The Hall–Kier alpha value is -2.40. The first-order chi connectivity index (χ1) is 11.9. The lowest BCUT2D eigenvalue weighted by Gasteiger charge is -2.11. The zero-order valence-corrected chi connectivity index (χ0v) is 15.6. The summed E-state index contributed by atoms with van der Waals surface area (Å²) in [5.74, 6) is 0.349. The van der Waals surface area contributed by atoms with Crippen molar-refractivity contribution in [2.45, 2.75) is 45.2 Å². The van der Waals surface area contributed by atoms with Crippen molar-refractivity contribution in [3.05, 3.63) is 29.6 Å². The number of nitriles is 1. The molecule has 0 N–H and O–H groups in total. The van der Waals surface area contributed by atoms with Crippen LogP contribution >= 0.6 is 11.8 Å². The van der Waals surface area contributed by atoms with Gasteiger partial charge in [-0.05, 0) is 48.9 Å². The normalized spacial score (nSPS) is 12.0. The number of hydrogen-bond donors (Lipinski definition) is 0. The van der Waals surface area contributed by atoms with Gasteiger partial charge in [0, 0.05) is 11.4 Å². The largest absolute Gasteiger partial charge is 0.861 e. The van der Waals surface area contributed by atoms with E-state index in [9.17, 15) is 10.4 Å². The third kappa shape index (κ3) is 5.57. The van der Waals surface area contributed by atoms with Gasteiger partial charge in [0.1, 0.15) is 11.1 Å². The molecule has 0 saturated carbocycles. The Labute approximate surface area is 151 Å². The third-order valence-corrected chi connectivity index (χ3v) is 4.20. The van der Waals surface area contributed by atoms with Crippen molar-refractivity contribution in [1.29, 1.82) is 5.26 Å². The molecule has 0 aliphatic carbocycles. The van der Waals surface area contributed by atoms with Crippen LogP contribution in [0.3, 0.4) is 0 Å². The first-order valence-corrected chi connectivity index (χ1v) is 9.03. The van der Waals surface area contributed by atoms with Gasteiger partial charge in [-0.2, -0.15) is 5.26 Å². The standard InChI is InChI=1S/C17H21N5O2S/c1-11(2)7-14-6-5-13(8-18)17(19-14)25-10-15(23)20-16-9-22(12(3)4)21-24-16/h5-6,9,11-12H,7,10H2,1-4H3. The Bertz CT molecular complexity index is 793. The van der Waals surface area contributed by atoms with Crippen LogP contribution in [0.25, 0.3) is 0 Å². The molecular formula is C17H21N5O2S. The molecule has 0 radical (unpaired) electrons. The molecule has 0 aliphatic rings. The van der Waals surface area contributed by atoms with Crippen LogP contribution in [0.15, 0.2) is 32.9 Å². The zero-order chi connectivity index (χ0) is 18.4. The van der Waals surface area contributed by atoms with Gasteiger partial charge in [0.25, 0.3) is 6.20 Å². The third-order valence-electron chi connectivity index (χ3n) is 3.22. The highest BCUT2D eigenvalue weighted by atomic mass is 32.2. The number of aromatic nitrogens is 3. The molecule has 2 aromatic heterocycles. The summed E-state index contributed by atoms with van der Waals surface area (Å²) in [6.07, 6.45) is 2.40. The van der Waals surface area contributed by atoms with E-state index in [2.05, 4.69) is 35.2 Å². The maximum absolute atomic E-state index is 12.0. The number of aliphatic imine (C=N–C) groups is 1. The minimum Gasteiger partial charge on any atom is -0.861 e. The van der Waals surface area contributed by atoms with E-state index in [1.165, 1.54) is 11.8 Å². The van der Waals surface area contributed by atoms with E-state index in [4.69, 9.17) is 4.52 Å². The number of pyridine rings is 1. The Morgan fingerprint density at radius 1 is 1.40 bits per heavy atom. The lowest BCUT2D eigenvalue weighted by atomic mass is 10.1.